The number of nitrogens with two attached hydrogens (primary N) is 1. The zero-order valence-electron chi connectivity index (χ0n) is 24.9. The number of piperidine rings is 1. The van der Waals surface area contributed by atoms with Gasteiger partial charge >= 0.3 is 0 Å². The molecule has 190 valence electrons. The number of rotatable bonds is 7. The average Bonchev–Trinajstić information content (AvgIpc) is 2.90. The van der Waals surface area contributed by atoms with Crippen LogP contribution in [0.5, 0.6) is 5.88 Å². The molecule has 1 atom stereocenters. The van der Waals surface area contributed by atoms with E-state index in [1.807, 2.05) is 0 Å². The monoisotopic (exact) mass is 501 g/mol. The summed E-state index contributed by atoms with van der Waals surface area (Å²) in [6.45, 7) is -1.65. The summed E-state index contributed by atoms with van der Waals surface area (Å²) in [6, 6.07) is 6.92. The summed E-state index contributed by atoms with van der Waals surface area (Å²) >= 11 is 0. The molecule has 0 unspecified atom stereocenters. The van der Waals surface area contributed by atoms with Crippen molar-refractivity contribution in [2.45, 2.75) is 39.1 Å². The van der Waals surface area contributed by atoms with Crippen LogP contribution in [0.2, 0.25) is 0 Å². The number of nitrogen functional groups attached to an aromatic ring is 1. The maximum Gasteiger partial charge on any atom is 0.254 e. The van der Waals surface area contributed by atoms with E-state index < -0.39 is 47.8 Å². The highest BCUT2D eigenvalue weighted by atomic mass is 19.1. The minimum absolute atomic E-state index is 0.121. The molecule has 0 spiro atoms. The van der Waals surface area contributed by atoms with Gasteiger partial charge in [-0.3, -0.25) is 4.79 Å². The first kappa shape index (κ1) is 19.5. The van der Waals surface area contributed by atoms with E-state index in [-0.39, 0.29) is 30.2 Å². The molecular weight excluding hydrogens is 466 g/mol. The first-order valence-corrected chi connectivity index (χ1v) is 11.4. The number of ether oxygens (including phenoxy) is 1. The van der Waals surface area contributed by atoms with Gasteiger partial charge in [-0.25, -0.2) is 19.3 Å². The summed E-state index contributed by atoms with van der Waals surface area (Å²) < 4.78 is 74.5. The van der Waals surface area contributed by atoms with Gasteiger partial charge in [0.2, 0.25) is 11.8 Å². The molecule has 3 aromatic heterocycles. The number of pyridine rings is 3. The summed E-state index contributed by atoms with van der Waals surface area (Å²) in [5.41, 5.74) is 3.76. The number of carbonyl (C=O) groups is 1. The Balaban J connectivity index is 1.74. The Morgan fingerprint density at radius 2 is 2.14 bits per heavy atom. The van der Waals surface area contributed by atoms with Crippen LogP contribution in [0.1, 0.15) is 50.8 Å². The second-order valence-electron chi connectivity index (χ2n) is 8.76. The van der Waals surface area contributed by atoms with E-state index in [9.17, 15) is 9.18 Å². The molecule has 1 aliphatic heterocycles. The van der Waals surface area contributed by atoms with Crippen molar-refractivity contribution < 1.29 is 25.2 Å². The lowest BCUT2D eigenvalue weighted by Gasteiger charge is -2.40. The predicted molar refractivity (Wildman–Crippen MR) is 133 cm³/mol. The number of halogens is 2. The van der Waals surface area contributed by atoms with Gasteiger partial charge < -0.3 is 20.7 Å². The number of amides is 1. The fraction of sp³-hybridized carbons (Fsp3) is 0.385. The van der Waals surface area contributed by atoms with Gasteiger partial charge in [-0.15, -0.1) is 0 Å². The number of likely N-dealkylation sites (N-methyl/N-ethyl adjacent to an activating group) is 1. The highest BCUT2D eigenvalue weighted by molar-refractivity contribution is 5.97. The van der Waals surface area contributed by atoms with Gasteiger partial charge in [0.05, 0.1) is 34.8 Å². The number of nitrogens with one attached hydrogen (secondary N) is 1. The molecule has 3 aromatic rings. The van der Waals surface area contributed by atoms with Crippen molar-refractivity contribution in [3.05, 3.63) is 53.9 Å². The molecule has 0 radical (unpaired) electrons. The largest absolute Gasteiger partial charge is 0.478 e. The van der Waals surface area contributed by atoms with E-state index >= 15 is 4.39 Å². The summed E-state index contributed by atoms with van der Waals surface area (Å²) in [6.07, 6.45) is 2.23. The Labute approximate surface area is 215 Å². The van der Waals surface area contributed by atoms with E-state index in [0.717, 1.165) is 4.90 Å². The average molecular weight is 502 g/mol. The van der Waals surface area contributed by atoms with Gasteiger partial charge in [0.1, 0.15) is 5.69 Å². The van der Waals surface area contributed by atoms with E-state index in [4.69, 9.17) is 17.3 Å². The lowest BCUT2D eigenvalue weighted by molar-refractivity contribution is 0.0813. The number of nitrogens with zero attached hydrogens (tertiary/aromatic N) is 4. The molecule has 10 heteroatoms. The smallest absolute Gasteiger partial charge is 0.254 e. The minimum atomic E-state index is -2.91. The maximum absolute atomic E-state index is 15.9. The molecule has 8 nitrogen and oxygen atoms in total. The molecule has 36 heavy (non-hydrogen) atoms. The molecule has 4 heterocycles. The zero-order chi connectivity index (χ0) is 30.2. The Kier molecular flexibility index (Phi) is 5.71. The highest BCUT2D eigenvalue weighted by Gasteiger charge is 2.33. The van der Waals surface area contributed by atoms with Crippen LogP contribution >= 0.6 is 0 Å². The topological polar surface area (TPSA) is 106 Å². The molecule has 0 aliphatic carbocycles. The standard InChI is InChI=1S/C26H30F2N6O2/c1-4-34-12-6-11-26(3,15-34)33-25(35)17-13-20(16-7-10-21(30-14-16)36-5-2)31-23(22(17)27)19-9-8-18(29)24(28)32-19/h7-10,13-14H,4-6,11-12,15,29H2,1-3H3,(H,33,35)/t26-/m0/s1/i1D3,4D2. The summed E-state index contributed by atoms with van der Waals surface area (Å²) in [5.74, 6) is -2.58. The van der Waals surface area contributed by atoms with E-state index in [1.165, 1.54) is 24.4 Å². The number of likely N-dealkylation sites (tertiary alicyclic amines) is 1. The molecule has 0 bridgehead atoms. The van der Waals surface area contributed by atoms with Crippen molar-refractivity contribution >= 4 is 11.6 Å². The van der Waals surface area contributed by atoms with Crippen molar-refractivity contribution in [2.24, 2.45) is 0 Å². The van der Waals surface area contributed by atoms with E-state index in [1.54, 1.807) is 26.0 Å². The first-order chi connectivity index (χ1) is 19.1. The normalized spacial score (nSPS) is 20.9. The summed E-state index contributed by atoms with van der Waals surface area (Å²) in [5, 5.41) is 2.76. The quantitative estimate of drug-likeness (QED) is 0.470. The third-order valence-corrected chi connectivity index (χ3v) is 5.92. The fourth-order valence-electron chi connectivity index (χ4n) is 4.13. The Morgan fingerprint density at radius 1 is 1.31 bits per heavy atom. The second kappa shape index (κ2) is 10.5. The summed E-state index contributed by atoms with van der Waals surface area (Å²) in [4.78, 5) is 26.9. The minimum Gasteiger partial charge on any atom is -0.478 e. The zero-order valence-corrected chi connectivity index (χ0v) is 19.9. The van der Waals surface area contributed by atoms with E-state index in [2.05, 4.69) is 20.3 Å². The molecule has 4 rings (SSSR count). The number of anilines is 1. The number of aromatic nitrogens is 3. The van der Waals surface area contributed by atoms with Gasteiger partial charge in [-0.2, -0.15) is 4.39 Å². The molecule has 1 fully saturated rings. The SMILES string of the molecule is [2H]C([2H])([2H])C([2H])([2H])N1CCC[C@](C)(NC(=O)c2cc(-c3ccc(OCC)nc3)nc(-c3ccc(N)c(F)n3)c2F)C1. The van der Waals surface area contributed by atoms with Crippen LogP contribution in [0.4, 0.5) is 14.5 Å². The van der Waals surface area contributed by atoms with Crippen LogP contribution in [0.25, 0.3) is 22.6 Å². The fourth-order valence-corrected chi connectivity index (χ4v) is 4.13. The summed E-state index contributed by atoms with van der Waals surface area (Å²) in [7, 11) is 0. The van der Waals surface area contributed by atoms with Crippen molar-refractivity contribution in [3.63, 3.8) is 0 Å². The molecular formula is C26H30F2N6O2. The van der Waals surface area contributed by atoms with Crippen LogP contribution in [-0.2, 0) is 0 Å². The Hall–Kier alpha value is -3.66. The van der Waals surface area contributed by atoms with Crippen LogP contribution < -0.4 is 15.8 Å². The maximum atomic E-state index is 15.9. The van der Waals surface area contributed by atoms with E-state index in [0.29, 0.717) is 30.9 Å². The number of hydrogen-bond acceptors (Lipinski definition) is 7. The van der Waals surface area contributed by atoms with Crippen LogP contribution in [0, 0.1) is 11.8 Å². The van der Waals surface area contributed by atoms with Crippen LogP contribution in [-0.4, -0.2) is 57.5 Å². The first-order valence-electron chi connectivity index (χ1n) is 13.9. The van der Waals surface area contributed by atoms with Gasteiger partial charge in [0, 0.05) is 31.2 Å². The molecule has 1 amide bonds. The molecule has 0 aromatic carbocycles. The van der Waals surface area contributed by atoms with Crippen molar-refractivity contribution in [1.29, 1.82) is 0 Å². The van der Waals surface area contributed by atoms with Gasteiger partial charge in [0.15, 0.2) is 5.82 Å². The van der Waals surface area contributed by atoms with Gasteiger partial charge in [0.25, 0.3) is 5.91 Å². The van der Waals surface area contributed by atoms with Gasteiger partial charge in [-0.1, -0.05) is 6.85 Å². The third-order valence-electron chi connectivity index (χ3n) is 5.92. The molecule has 1 aliphatic rings. The van der Waals surface area contributed by atoms with Crippen LogP contribution in [0.3, 0.4) is 0 Å². The predicted octanol–water partition coefficient (Wildman–Crippen LogP) is 4.07. The number of hydrogen-bond donors (Lipinski definition) is 2. The lowest BCUT2D eigenvalue weighted by Crippen LogP contribution is -2.56. The van der Waals surface area contributed by atoms with Crippen molar-refractivity contribution in [3.8, 4) is 28.5 Å². The number of carbonyl (C=O) groups excluding carboxylic acids is 1. The molecule has 1 saturated heterocycles. The second-order valence-corrected chi connectivity index (χ2v) is 8.76. The molecule has 3 N–H and O–H groups in total. The van der Waals surface area contributed by atoms with Crippen LogP contribution in [0.15, 0.2) is 36.5 Å². The highest BCUT2D eigenvalue weighted by Crippen LogP contribution is 2.29. The lowest BCUT2D eigenvalue weighted by atomic mass is 9.90. The van der Waals surface area contributed by atoms with Crippen molar-refractivity contribution in [2.75, 3.05) is 31.9 Å². The Morgan fingerprint density at radius 3 is 2.83 bits per heavy atom. The third kappa shape index (κ3) is 5.43. The van der Waals surface area contributed by atoms with Crippen molar-refractivity contribution in [1.82, 2.24) is 25.2 Å². The van der Waals surface area contributed by atoms with Gasteiger partial charge in [-0.05, 0) is 64.0 Å². The molecule has 0 saturated carbocycles. The Bertz CT molecular complexity index is 1440.